The summed E-state index contributed by atoms with van der Waals surface area (Å²) in [6, 6.07) is 0. The van der Waals surface area contributed by atoms with Gasteiger partial charge < -0.3 is 14.6 Å². The zero-order valence-electron chi connectivity index (χ0n) is 10.8. The van der Waals surface area contributed by atoms with Crippen LogP contribution in [0.4, 0.5) is 0 Å². The van der Waals surface area contributed by atoms with E-state index in [4.69, 9.17) is 5.11 Å². The van der Waals surface area contributed by atoms with Crippen LogP contribution in [0, 0.1) is 0 Å². The molecule has 1 unspecified atom stereocenters. The van der Waals surface area contributed by atoms with E-state index < -0.39 is 12.1 Å². The maximum atomic E-state index is 10.6. The van der Waals surface area contributed by atoms with E-state index in [0.717, 1.165) is 0 Å². The standard InChI is InChI=1S/C7H12O3.C5H8O2/c1-5(2)7(9)10-4-6(3)8;1-4(2)5(6)7-3/h6,8H,1,4H2,2-3H3;1H2,2-3H3. The van der Waals surface area contributed by atoms with E-state index in [0.29, 0.717) is 11.1 Å². The molecule has 0 aromatic carbocycles. The molecule has 0 aliphatic rings. The van der Waals surface area contributed by atoms with Crippen LogP contribution in [0.3, 0.4) is 0 Å². The molecule has 0 aromatic rings. The van der Waals surface area contributed by atoms with Crippen molar-refractivity contribution in [3.63, 3.8) is 0 Å². The van der Waals surface area contributed by atoms with Crippen molar-refractivity contribution >= 4 is 11.9 Å². The Balaban J connectivity index is 0. The quantitative estimate of drug-likeness (QED) is 0.594. The molecule has 0 saturated heterocycles. The Hall–Kier alpha value is -1.62. The van der Waals surface area contributed by atoms with E-state index >= 15 is 0 Å². The molecule has 1 N–H and O–H groups in total. The highest BCUT2D eigenvalue weighted by atomic mass is 16.5. The summed E-state index contributed by atoms with van der Waals surface area (Å²) in [7, 11) is 1.33. The Labute approximate surface area is 102 Å². The van der Waals surface area contributed by atoms with Crippen molar-refractivity contribution in [3.8, 4) is 0 Å². The normalized spacial score (nSPS) is 10.4. The van der Waals surface area contributed by atoms with E-state index in [1.807, 2.05) is 0 Å². The van der Waals surface area contributed by atoms with Gasteiger partial charge in [-0.25, -0.2) is 9.59 Å². The lowest BCUT2D eigenvalue weighted by atomic mass is 10.3. The summed E-state index contributed by atoms with van der Waals surface area (Å²) in [5, 5.41) is 8.68. The predicted molar refractivity (Wildman–Crippen MR) is 64.3 cm³/mol. The van der Waals surface area contributed by atoms with Crippen LogP contribution in [0.1, 0.15) is 20.8 Å². The Morgan fingerprint density at radius 2 is 1.59 bits per heavy atom. The number of carbonyl (C=O) groups excluding carboxylic acids is 2. The Morgan fingerprint density at radius 3 is 1.76 bits per heavy atom. The van der Waals surface area contributed by atoms with Gasteiger partial charge in [-0.2, -0.15) is 0 Å². The molecule has 0 fully saturated rings. The monoisotopic (exact) mass is 244 g/mol. The maximum Gasteiger partial charge on any atom is 0.333 e. The second-order valence-electron chi connectivity index (χ2n) is 3.50. The highest BCUT2D eigenvalue weighted by Gasteiger charge is 2.03. The first-order valence-electron chi connectivity index (χ1n) is 4.96. The fourth-order valence-corrected chi connectivity index (χ4v) is 0.494. The van der Waals surface area contributed by atoms with Crippen LogP contribution in [-0.2, 0) is 19.1 Å². The molecular formula is C12H20O5. The number of ether oxygens (including phenoxy) is 2. The number of aliphatic hydroxyl groups excluding tert-OH is 1. The first kappa shape index (κ1) is 17.8. The van der Waals surface area contributed by atoms with Crippen LogP contribution >= 0.6 is 0 Å². The highest BCUT2D eigenvalue weighted by molar-refractivity contribution is 5.87. The minimum Gasteiger partial charge on any atom is -0.466 e. The lowest BCUT2D eigenvalue weighted by Gasteiger charge is -2.04. The van der Waals surface area contributed by atoms with Crippen molar-refractivity contribution in [2.45, 2.75) is 26.9 Å². The van der Waals surface area contributed by atoms with Crippen LogP contribution in [0.2, 0.25) is 0 Å². The van der Waals surface area contributed by atoms with Crippen LogP contribution in [0.5, 0.6) is 0 Å². The first-order valence-corrected chi connectivity index (χ1v) is 4.96. The molecule has 5 nitrogen and oxygen atoms in total. The second-order valence-corrected chi connectivity index (χ2v) is 3.50. The predicted octanol–water partition coefficient (Wildman–Crippen LogP) is 1.22. The zero-order valence-corrected chi connectivity index (χ0v) is 10.8. The van der Waals surface area contributed by atoms with Gasteiger partial charge in [0.05, 0.1) is 13.2 Å². The summed E-state index contributed by atoms with van der Waals surface area (Å²) in [6.07, 6.45) is -0.608. The molecule has 0 saturated carbocycles. The summed E-state index contributed by atoms with van der Waals surface area (Å²) >= 11 is 0. The number of aliphatic hydroxyl groups is 1. The van der Waals surface area contributed by atoms with Crippen LogP contribution < -0.4 is 0 Å². The zero-order chi connectivity index (χ0) is 14.0. The van der Waals surface area contributed by atoms with Gasteiger partial charge in [-0.05, 0) is 20.8 Å². The molecule has 0 aromatic heterocycles. The van der Waals surface area contributed by atoms with E-state index in [1.165, 1.54) is 7.11 Å². The molecule has 0 amide bonds. The molecular weight excluding hydrogens is 224 g/mol. The van der Waals surface area contributed by atoms with Crippen molar-refractivity contribution in [3.05, 3.63) is 24.3 Å². The number of methoxy groups -OCH3 is 1. The fraction of sp³-hybridized carbons (Fsp3) is 0.500. The summed E-state index contributed by atoms with van der Waals surface area (Å²) in [4.78, 5) is 20.8. The minimum absolute atomic E-state index is 0.0334. The number of hydrogen-bond acceptors (Lipinski definition) is 5. The summed E-state index contributed by atoms with van der Waals surface area (Å²) in [5.41, 5.74) is 0.781. The third kappa shape index (κ3) is 12.3. The van der Waals surface area contributed by atoms with E-state index in [-0.39, 0.29) is 12.6 Å². The molecule has 17 heavy (non-hydrogen) atoms. The Kier molecular flexibility index (Phi) is 10.0. The molecule has 0 spiro atoms. The molecule has 0 rings (SSSR count). The van der Waals surface area contributed by atoms with Gasteiger partial charge in [-0.15, -0.1) is 0 Å². The number of esters is 2. The molecule has 0 heterocycles. The largest absolute Gasteiger partial charge is 0.466 e. The van der Waals surface area contributed by atoms with Crippen molar-refractivity contribution < 1.29 is 24.2 Å². The molecule has 98 valence electrons. The first-order chi connectivity index (χ1) is 7.72. The highest BCUT2D eigenvalue weighted by Crippen LogP contribution is 1.92. The number of hydrogen-bond donors (Lipinski definition) is 1. The summed E-state index contributed by atoms with van der Waals surface area (Å²) in [5.74, 6) is -0.805. The van der Waals surface area contributed by atoms with Gasteiger partial charge in [0.1, 0.15) is 6.61 Å². The molecule has 0 radical (unpaired) electrons. The van der Waals surface area contributed by atoms with E-state index in [2.05, 4.69) is 22.6 Å². The van der Waals surface area contributed by atoms with Crippen molar-refractivity contribution in [2.75, 3.05) is 13.7 Å². The lowest BCUT2D eigenvalue weighted by molar-refractivity contribution is -0.141. The SMILES string of the molecule is C=C(C)C(=O)OC.C=C(C)C(=O)OCC(C)O. The van der Waals surface area contributed by atoms with Crippen LogP contribution in [-0.4, -0.2) is 36.9 Å². The van der Waals surface area contributed by atoms with Gasteiger partial charge in [0.2, 0.25) is 0 Å². The minimum atomic E-state index is -0.608. The smallest absolute Gasteiger partial charge is 0.333 e. The topological polar surface area (TPSA) is 72.8 Å². The Morgan fingerprint density at radius 1 is 1.18 bits per heavy atom. The van der Waals surface area contributed by atoms with E-state index in [9.17, 15) is 9.59 Å². The second kappa shape index (κ2) is 9.59. The van der Waals surface area contributed by atoms with Crippen LogP contribution in [0.15, 0.2) is 24.3 Å². The Bertz CT molecular complexity index is 291. The maximum absolute atomic E-state index is 10.6. The lowest BCUT2D eigenvalue weighted by Crippen LogP contribution is -2.15. The number of rotatable bonds is 4. The molecule has 1 atom stereocenters. The summed E-state index contributed by atoms with van der Waals surface area (Å²) in [6.45, 7) is 11.5. The average molecular weight is 244 g/mol. The molecule has 5 heteroatoms. The van der Waals surface area contributed by atoms with Crippen LogP contribution in [0.25, 0.3) is 0 Å². The molecule has 0 aliphatic carbocycles. The van der Waals surface area contributed by atoms with Crippen molar-refractivity contribution in [2.24, 2.45) is 0 Å². The third-order valence-corrected chi connectivity index (χ3v) is 1.34. The van der Waals surface area contributed by atoms with Gasteiger partial charge in [0.15, 0.2) is 0 Å². The van der Waals surface area contributed by atoms with Gasteiger partial charge >= 0.3 is 11.9 Å². The van der Waals surface area contributed by atoms with Gasteiger partial charge in [-0.1, -0.05) is 13.2 Å². The van der Waals surface area contributed by atoms with Gasteiger partial charge in [-0.3, -0.25) is 0 Å². The van der Waals surface area contributed by atoms with Crippen molar-refractivity contribution in [1.29, 1.82) is 0 Å². The van der Waals surface area contributed by atoms with E-state index in [1.54, 1.807) is 20.8 Å². The number of carbonyl (C=O) groups is 2. The summed E-state index contributed by atoms with van der Waals surface area (Å²) < 4.78 is 8.85. The van der Waals surface area contributed by atoms with Gasteiger partial charge in [0, 0.05) is 11.1 Å². The third-order valence-electron chi connectivity index (χ3n) is 1.34. The fourth-order valence-electron chi connectivity index (χ4n) is 0.494. The van der Waals surface area contributed by atoms with Gasteiger partial charge in [0.25, 0.3) is 0 Å². The average Bonchev–Trinajstić information content (AvgIpc) is 2.24. The van der Waals surface area contributed by atoms with Crippen molar-refractivity contribution in [1.82, 2.24) is 0 Å². The molecule has 0 aliphatic heterocycles. The molecule has 0 bridgehead atoms.